The third-order valence-corrected chi connectivity index (χ3v) is 3.66. The van der Waals surface area contributed by atoms with Gasteiger partial charge in [0.2, 0.25) is 11.8 Å². The number of hydrogen-bond donors (Lipinski definition) is 1. The third-order valence-electron chi connectivity index (χ3n) is 3.66. The van der Waals surface area contributed by atoms with Crippen molar-refractivity contribution in [3.63, 3.8) is 0 Å². The highest BCUT2D eigenvalue weighted by Gasteiger charge is 2.24. The molecule has 0 spiro atoms. The molecule has 1 atom stereocenters. The molecule has 3 rings (SSSR count). The van der Waals surface area contributed by atoms with Crippen molar-refractivity contribution in [3.8, 4) is 5.88 Å². The van der Waals surface area contributed by atoms with Crippen LogP contribution >= 0.6 is 0 Å². The van der Waals surface area contributed by atoms with Gasteiger partial charge in [-0.05, 0) is 12.8 Å². The molecule has 8 nitrogen and oxygen atoms in total. The van der Waals surface area contributed by atoms with Crippen LogP contribution in [0.25, 0.3) is 0 Å². The molecule has 0 aromatic carbocycles. The molecule has 0 aliphatic carbocycles. The van der Waals surface area contributed by atoms with E-state index in [0.717, 1.165) is 19.4 Å². The Balaban J connectivity index is 1.65. The van der Waals surface area contributed by atoms with Crippen molar-refractivity contribution >= 4 is 11.9 Å². The number of methoxy groups -OCH3 is 1. The van der Waals surface area contributed by atoms with Crippen molar-refractivity contribution in [1.29, 1.82) is 0 Å². The molecule has 120 valence electrons. The third kappa shape index (κ3) is 3.71. The summed E-state index contributed by atoms with van der Waals surface area (Å²) >= 11 is 0. The van der Waals surface area contributed by atoms with Gasteiger partial charge < -0.3 is 15.0 Å². The first-order valence-corrected chi connectivity index (χ1v) is 7.45. The fraction of sp³-hybridized carbons (Fsp3) is 0.400. The van der Waals surface area contributed by atoms with E-state index in [1.54, 1.807) is 25.6 Å². The smallest absolute Gasteiger partial charge is 0.271 e. The number of carbonyl (C=O) groups excluding carboxylic acids is 1. The first-order valence-electron chi connectivity index (χ1n) is 7.45. The van der Waals surface area contributed by atoms with Gasteiger partial charge >= 0.3 is 0 Å². The summed E-state index contributed by atoms with van der Waals surface area (Å²) in [7, 11) is 1.58. The van der Waals surface area contributed by atoms with Crippen molar-refractivity contribution in [1.82, 2.24) is 25.3 Å². The fourth-order valence-corrected chi connectivity index (χ4v) is 2.55. The van der Waals surface area contributed by atoms with Crippen molar-refractivity contribution in [3.05, 3.63) is 36.5 Å². The highest BCUT2D eigenvalue weighted by molar-refractivity contribution is 5.92. The minimum Gasteiger partial charge on any atom is -0.481 e. The van der Waals surface area contributed by atoms with E-state index in [4.69, 9.17) is 4.74 Å². The van der Waals surface area contributed by atoms with Crippen LogP contribution in [0.3, 0.4) is 0 Å². The number of amides is 1. The molecular weight excluding hydrogens is 296 g/mol. The first-order chi connectivity index (χ1) is 11.3. The molecule has 2 aromatic heterocycles. The molecule has 8 heteroatoms. The van der Waals surface area contributed by atoms with Gasteiger partial charge in [-0.15, -0.1) is 0 Å². The van der Waals surface area contributed by atoms with Crippen molar-refractivity contribution < 1.29 is 9.53 Å². The van der Waals surface area contributed by atoms with Crippen LogP contribution < -0.4 is 15.0 Å². The maximum Gasteiger partial charge on any atom is 0.271 e. The number of piperidine rings is 1. The normalized spacial score (nSPS) is 17.6. The van der Waals surface area contributed by atoms with Crippen molar-refractivity contribution in [2.24, 2.45) is 0 Å². The summed E-state index contributed by atoms with van der Waals surface area (Å²) < 4.78 is 5.13. The zero-order valence-electron chi connectivity index (χ0n) is 12.8. The van der Waals surface area contributed by atoms with E-state index >= 15 is 0 Å². The summed E-state index contributed by atoms with van der Waals surface area (Å²) in [5.74, 6) is 0.931. The van der Waals surface area contributed by atoms with Gasteiger partial charge in [-0.2, -0.15) is 4.98 Å². The topological polar surface area (TPSA) is 93.1 Å². The highest BCUT2D eigenvalue weighted by Crippen LogP contribution is 2.18. The van der Waals surface area contributed by atoms with Gasteiger partial charge in [0.05, 0.1) is 13.3 Å². The van der Waals surface area contributed by atoms with Gasteiger partial charge in [-0.25, -0.2) is 9.97 Å². The van der Waals surface area contributed by atoms with Crippen LogP contribution in [-0.2, 0) is 0 Å². The second kappa shape index (κ2) is 6.99. The quantitative estimate of drug-likeness (QED) is 0.886. The van der Waals surface area contributed by atoms with Crippen molar-refractivity contribution in [2.75, 3.05) is 25.1 Å². The van der Waals surface area contributed by atoms with Crippen LogP contribution in [0.2, 0.25) is 0 Å². The zero-order chi connectivity index (χ0) is 16.1. The lowest BCUT2D eigenvalue weighted by Gasteiger charge is -2.33. The molecule has 1 aliphatic heterocycles. The van der Waals surface area contributed by atoms with Crippen LogP contribution in [0.5, 0.6) is 5.88 Å². The Morgan fingerprint density at radius 2 is 2.26 bits per heavy atom. The summed E-state index contributed by atoms with van der Waals surface area (Å²) in [5.41, 5.74) is 0.322. The van der Waals surface area contributed by atoms with Crippen LogP contribution in [-0.4, -0.2) is 52.1 Å². The Morgan fingerprint density at radius 1 is 1.35 bits per heavy atom. The molecular formula is C15H18N6O2. The van der Waals surface area contributed by atoms with Crippen molar-refractivity contribution in [2.45, 2.75) is 18.9 Å². The number of hydrogen-bond acceptors (Lipinski definition) is 7. The van der Waals surface area contributed by atoms with Crippen LogP contribution in [0.1, 0.15) is 23.3 Å². The van der Waals surface area contributed by atoms with E-state index in [1.165, 1.54) is 12.4 Å². The molecule has 0 saturated carbocycles. The molecule has 1 unspecified atom stereocenters. The lowest BCUT2D eigenvalue weighted by molar-refractivity contribution is 0.0927. The molecule has 1 aliphatic rings. The monoisotopic (exact) mass is 314 g/mol. The second-order valence-corrected chi connectivity index (χ2v) is 5.25. The van der Waals surface area contributed by atoms with Gasteiger partial charge in [0, 0.05) is 43.8 Å². The fourth-order valence-electron chi connectivity index (χ4n) is 2.55. The number of nitrogens with zero attached hydrogens (tertiary/aromatic N) is 5. The Hall–Kier alpha value is -2.77. The molecule has 2 aromatic rings. The molecule has 0 radical (unpaired) electrons. The van der Waals surface area contributed by atoms with Gasteiger partial charge in [0.25, 0.3) is 5.91 Å². The van der Waals surface area contributed by atoms with E-state index in [0.29, 0.717) is 24.1 Å². The maximum absolute atomic E-state index is 12.2. The number of carbonyl (C=O) groups is 1. The van der Waals surface area contributed by atoms with Crippen LogP contribution in [0.4, 0.5) is 5.95 Å². The van der Waals surface area contributed by atoms with Gasteiger partial charge in [-0.1, -0.05) is 0 Å². The summed E-state index contributed by atoms with van der Waals surface area (Å²) in [6.45, 7) is 1.50. The number of nitrogens with one attached hydrogen (secondary N) is 1. The average molecular weight is 314 g/mol. The lowest BCUT2D eigenvalue weighted by atomic mass is 10.1. The predicted octanol–water partition coefficient (Wildman–Crippen LogP) is 0.674. The summed E-state index contributed by atoms with van der Waals surface area (Å²) in [6.07, 6.45) is 8.04. The summed E-state index contributed by atoms with van der Waals surface area (Å²) in [6, 6.07) is 1.73. The molecule has 1 amide bonds. The Morgan fingerprint density at radius 3 is 3.04 bits per heavy atom. The van der Waals surface area contributed by atoms with E-state index in [1.807, 2.05) is 4.90 Å². The first kappa shape index (κ1) is 15.1. The van der Waals surface area contributed by atoms with Gasteiger partial charge in [0.15, 0.2) is 0 Å². The number of anilines is 1. The highest BCUT2D eigenvalue weighted by atomic mass is 16.5. The molecule has 1 fully saturated rings. The lowest BCUT2D eigenvalue weighted by Crippen LogP contribution is -2.48. The molecule has 0 bridgehead atoms. The Labute approximate surface area is 134 Å². The summed E-state index contributed by atoms with van der Waals surface area (Å²) in [5, 5.41) is 2.99. The SMILES string of the molecule is COc1ccnc(N2CCCC(NC(=O)c3cnccn3)C2)n1. The second-order valence-electron chi connectivity index (χ2n) is 5.25. The minimum absolute atomic E-state index is 0.0213. The van der Waals surface area contributed by atoms with E-state index in [9.17, 15) is 4.79 Å². The Kier molecular flexibility index (Phi) is 4.60. The molecule has 3 heterocycles. The minimum atomic E-state index is -0.212. The number of ether oxygens (including phenoxy) is 1. The van der Waals surface area contributed by atoms with Gasteiger partial charge in [0.1, 0.15) is 5.69 Å². The van der Waals surface area contributed by atoms with Crippen LogP contribution in [0.15, 0.2) is 30.9 Å². The summed E-state index contributed by atoms with van der Waals surface area (Å²) in [4.78, 5) is 30.8. The van der Waals surface area contributed by atoms with E-state index in [-0.39, 0.29) is 11.9 Å². The largest absolute Gasteiger partial charge is 0.481 e. The Bertz CT molecular complexity index is 666. The maximum atomic E-state index is 12.2. The average Bonchev–Trinajstić information content (AvgIpc) is 2.63. The number of rotatable bonds is 4. The van der Waals surface area contributed by atoms with E-state index < -0.39 is 0 Å². The number of aromatic nitrogens is 4. The van der Waals surface area contributed by atoms with Crippen LogP contribution in [0, 0.1) is 0 Å². The standard InChI is InChI=1S/C15H18N6O2/c1-23-13-4-5-18-15(20-13)21-8-2-3-11(10-21)19-14(22)12-9-16-6-7-17-12/h4-7,9,11H,2-3,8,10H2,1H3,(H,19,22). The zero-order valence-corrected chi connectivity index (χ0v) is 12.8. The molecule has 1 saturated heterocycles. The van der Waals surface area contributed by atoms with E-state index in [2.05, 4.69) is 25.3 Å². The molecule has 23 heavy (non-hydrogen) atoms. The predicted molar refractivity (Wildman–Crippen MR) is 83.3 cm³/mol. The molecule has 1 N–H and O–H groups in total. The van der Waals surface area contributed by atoms with Gasteiger partial charge in [-0.3, -0.25) is 9.78 Å².